The summed E-state index contributed by atoms with van der Waals surface area (Å²) in [6, 6.07) is 15.4. The molecule has 0 unspecified atom stereocenters. The number of nitrogens with zero attached hydrogens (tertiary/aromatic N) is 2. The van der Waals surface area contributed by atoms with Crippen LogP contribution < -0.4 is 0 Å². The summed E-state index contributed by atoms with van der Waals surface area (Å²) < 4.78 is 25.7. The number of rotatable bonds is 4. The van der Waals surface area contributed by atoms with Crippen molar-refractivity contribution in [3.05, 3.63) is 66.4 Å². The minimum Gasteiger partial charge on any atom is -0.353 e. The Morgan fingerprint density at radius 3 is 2.55 bits per heavy atom. The largest absolute Gasteiger partial charge is 0.353 e. The Kier molecular flexibility index (Phi) is 6.52. The van der Waals surface area contributed by atoms with Gasteiger partial charge in [0.1, 0.15) is 0 Å². The molecule has 0 amide bonds. The maximum atomic E-state index is 12.8. The molecule has 0 radical (unpaired) electrons. The summed E-state index contributed by atoms with van der Waals surface area (Å²) in [6.07, 6.45) is 1.37. The molecule has 1 aliphatic heterocycles. The SMILES string of the molecule is Cl.O=S(=O)(c1ccccc1)c1cnc2c(CN3CCSCC3(O)O)cccc2c1. The van der Waals surface area contributed by atoms with Gasteiger partial charge in [0, 0.05) is 30.4 Å². The van der Waals surface area contributed by atoms with Crippen LogP contribution in [0, 0.1) is 0 Å². The second-order valence-corrected chi connectivity index (χ2v) is 9.78. The smallest absolute Gasteiger partial charge is 0.234 e. The quantitative estimate of drug-likeness (QED) is 0.588. The van der Waals surface area contributed by atoms with E-state index in [1.165, 1.54) is 18.0 Å². The molecule has 0 spiro atoms. The molecule has 1 fully saturated rings. The van der Waals surface area contributed by atoms with Crippen molar-refractivity contribution in [2.45, 2.75) is 22.2 Å². The first kappa shape index (κ1) is 22.0. The Hall–Kier alpha value is -1.68. The van der Waals surface area contributed by atoms with E-state index in [0.717, 1.165) is 11.3 Å². The second kappa shape index (κ2) is 8.59. The molecule has 1 saturated heterocycles. The highest BCUT2D eigenvalue weighted by molar-refractivity contribution is 7.99. The summed E-state index contributed by atoms with van der Waals surface area (Å²) in [5, 5.41) is 21.1. The van der Waals surface area contributed by atoms with Gasteiger partial charge in [0.25, 0.3) is 0 Å². The van der Waals surface area contributed by atoms with E-state index in [2.05, 4.69) is 4.98 Å². The second-order valence-electron chi connectivity index (χ2n) is 6.72. The van der Waals surface area contributed by atoms with Crippen LogP contribution in [0.15, 0.2) is 70.6 Å². The van der Waals surface area contributed by atoms with Crippen molar-refractivity contribution in [1.29, 1.82) is 0 Å². The van der Waals surface area contributed by atoms with E-state index in [0.29, 0.717) is 24.0 Å². The molecule has 4 rings (SSSR count). The minimum atomic E-state index is -3.64. The number of halogens is 1. The lowest BCUT2D eigenvalue weighted by Crippen LogP contribution is -2.53. The Morgan fingerprint density at radius 2 is 1.83 bits per heavy atom. The van der Waals surface area contributed by atoms with E-state index in [1.54, 1.807) is 41.3 Å². The first-order valence-electron chi connectivity index (χ1n) is 8.83. The zero-order chi connectivity index (χ0) is 19.8. The van der Waals surface area contributed by atoms with E-state index in [-0.39, 0.29) is 28.0 Å². The Labute approximate surface area is 179 Å². The topological polar surface area (TPSA) is 90.7 Å². The van der Waals surface area contributed by atoms with Gasteiger partial charge in [-0.1, -0.05) is 36.4 Å². The molecule has 9 heteroatoms. The van der Waals surface area contributed by atoms with E-state index < -0.39 is 15.7 Å². The number of benzene rings is 2. The number of para-hydroxylation sites is 1. The summed E-state index contributed by atoms with van der Waals surface area (Å²) in [6.45, 7) is 0.872. The van der Waals surface area contributed by atoms with Crippen molar-refractivity contribution in [3.8, 4) is 0 Å². The molecular formula is C20H21ClN2O4S2. The molecule has 1 aliphatic rings. The average molecular weight is 453 g/mol. The molecule has 2 heterocycles. The fourth-order valence-corrected chi connectivity index (χ4v) is 5.49. The minimum absolute atomic E-state index is 0. The molecule has 2 N–H and O–H groups in total. The Morgan fingerprint density at radius 1 is 1.07 bits per heavy atom. The van der Waals surface area contributed by atoms with Crippen molar-refractivity contribution in [3.63, 3.8) is 0 Å². The third-order valence-electron chi connectivity index (χ3n) is 4.80. The zero-order valence-electron chi connectivity index (χ0n) is 15.4. The zero-order valence-corrected chi connectivity index (χ0v) is 17.9. The van der Waals surface area contributed by atoms with Gasteiger partial charge in [0.05, 0.1) is 21.1 Å². The number of hydrogen-bond acceptors (Lipinski definition) is 7. The summed E-state index contributed by atoms with van der Waals surface area (Å²) in [4.78, 5) is 6.38. The van der Waals surface area contributed by atoms with Crippen LogP contribution in [-0.4, -0.2) is 52.5 Å². The normalized spacial score (nSPS) is 17.0. The summed E-state index contributed by atoms with van der Waals surface area (Å²) >= 11 is 1.50. The maximum Gasteiger partial charge on any atom is 0.234 e. The first-order valence-corrected chi connectivity index (χ1v) is 11.5. The van der Waals surface area contributed by atoms with Crippen molar-refractivity contribution >= 4 is 44.9 Å². The Bertz CT molecular complexity index is 1110. The van der Waals surface area contributed by atoms with E-state index in [4.69, 9.17) is 0 Å². The van der Waals surface area contributed by atoms with E-state index in [1.807, 2.05) is 18.2 Å². The highest BCUT2D eigenvalue weighted by Gasteiger charge is 2.35. The van der Waals surface area contributed by atoms with Crippen LogP contribution in [0.25, 0.3) is 10.9 Å². The molecule has 1 aromatic heterocycles. The maximum absolute atomic E-state index is 12.8. The predicted octanol–water partition coefficient (Wildman–Crippen LogP) is 2.68. The summed E-state index contributed by atoms with van der Waals surface area (Å²) in [7, 11) is -3.64. The molecule has 0 aliphatic carbocycles. The third kappa shape index (κ3) is 4.42. The molecule has 29 heavy (non-hydrogen) atoms. The summed E-state index contributed by atoms with van der Waals surface area (Å²) in [5.74, 6) is -0.813. The standard InChI is InChI=1S/C20H20N2O4S2.ClH/c23-20(24)14-27-10-9-22(20)13-16-6-4-5-15-11-18(12-21-19(15)16)28(25,26)17-7-2-1-3-8-17;/h1-8,11-12,23-24H,9-10,13-14H2;1H. The van der Waals surface area contributed by atoms with E-state index >= 15 is 0 Å². The van der Waals surface area contributed by atoms with Gasteiger partial charge in [0.15, 0.2) is 0 Å². The van der Waals surface area contributed by atoms with Crippen LogP contribution in [0.4, 0.5) is 0 Å². The monoisotopic (exact) mass is 452 g/mol. The lowest BCUT2D eigenvalue weighted by Gasteiger charge is -2.38. The highest BCUT2D eigenvalue weighted by Crippen LogP contribution is 2.28. The number of sulfone groups is 1. The van der Waals surface area contributed by atoms with E-state index in [9.17, 15) is 18.6 Å². The molecule has 2 aromatic carbocycles. The van der Waals surface area contributed by atoms with Crippen molar-refractivity contribution in [2.24, 2.45) is 0 Å². The molecule has 0 bridgehead atoms. The highest BCUT2D eigenvalue weighted by atomic mass is 35.5. The van der Waals surface area contributed by atoms with Crippen LogP contribution in [0.5, 0.6) is 0 Å². The van der Waals surface area contributed by atoms with Gasteiger partial charge in [-0.3, -0.25) is 4.98 Å². The van der Waals surface area contributed by atoms with Crippen LogP contribution in [0.1, 0.15) is 5.56 Å². The number of hydrogen-bond donors (Lipinski definition) is 2. The van der Waals surface area contributed by atoms with Gasteiger partial charge < -0.3 is 10.2 Å². The third-order valence-corrected chi connectivity index (χ3v) is 7.60. The number of thioether (sulfide) groups is 1. The van der Waals surface area contributed by atoms with Gasteiger partial charge in [-0.2, -0.15) is 11.8 Å². The molecular weight excluding hydrogens is 432 g/mol. The molecule has 6 nitrogen and oxygen atoms in total. The van der Waals surface area contributed by atoms with Crippen molar-refractivity contribution in [1.82, 2.24) is 9.88 Å². The molecule has 3 aromatic rings. The van der Waals surface area contributed by atoms with Crippen molar-refractivity contribution in [2.75, 3.05) is 18.1 Å². The first-order chi connectivity index (χ1) is 13.4. The fourth-order valence-electron chi connectivity index (χ4n) is 3.28. The van der Waals surface area contributed by atoms with Gasteiger partial charge in [-0.15, -0.1) is 12.4 Å². The lowest BCUT2D eigenvalue weighted by molar-refractivity contribution is -0.250. The van der Waals surface area contributed by atoms with Gasteiger partial charge in [-0.25, -0.2) is 13.3 Å². The average Bonchev–Trinajstić information content (AvgIpc) is 2.70. The van der Waals surface area contributed by atoms with Crippen LogP contribution >= 0.6 is 24.2 Å². The Balaban J connectivity index is 0.00000240. The van der Waals surface area contributed by atoms with Gasteiger partial charge in [-0.05, 0) is 23.8 Å². The number of aromatic nitrogens is 1. The van der Waals surface area contributed by atoms with Crippen LogP contribution in [0.2, 0.25) is 0 Å². The van der Waals surface area contributed by atoms with Gasteiger partial charge in [0.2, 0.25) is 15.7 Å². The number of pyridine rings is 1. The fraction of sp³-hybridized carbons (Fsp3) is 0.250. The molecule has 154 valence electrons. The number of aliphatic hydroxyl groups is 2. The number of fused-ring (bicyclic) bond motifs is 1. The van der Waals surface area contributed by atoms with Crippen LogP contribution in [-0.2, 0) is 16.4 Å². The predicted molar refractivity (Wildman–Crippen MR) is 116 cm³/mol. The van der Waals surface area contributed by atoms with Crippen molar-refractivity contribution < 1.29 is 18.6 Å². The van der Waals surface area contributed by atoms with Crippen LogP contribution in [0.3, 0.4) is 0 Å². The molecule has 0 saturated carbocycles. The molecule has 0 atom stereocenters. The lowest BCUT2D eigenvalue weighted by atomic mass is 10.1. The van der Waals surface area contributed by atoms with Gasteiger partial charge >= 0.3 is 0 Å². The summed E-state index contributed by atoms with van der Waals surface area (Å²) in [5.41, 5.74) is 1.48.